The first-order valence-electron chi connectivity index (χ1n) is 3.90. The van der Waals surface area contributed by atoms with Gasteiger partial charge in [0.1, 0.15) is 0 Å². The van der Waals surface area contributed by atoms with Crippen LogP contribution < -0.4 is 11.1 Å². The highest BCUT2D eigenvalue weighted by molar-refractivity contribution is 7.80. The zero-order chi connectivity index (χ0) is 10.6. The zero-order valence-electron chi connectivity index (χ0n) is 7.32. The average Bonchev–Trinajstić information content (AvgIpc) is 2.19. The molecule has 0 amide bonds. The van der Waals surface area contributed by atoms with Gasteiger partial charge < -0.3 is 11.1 Å². The largest absolute Gasteiger partial charge is 0.376 e. The maximum atomic E-state index is 8.79. The molecule has 3 N–H and O–H groups in total. The first kappa shape index (κ1) is 10.2. The minimum absolute atomic E-state index is 0.169. The van der Waals surface area contributed by atoms with Crippen molar-refractivity contribution in [2.24, 2.45) is 11.1 Å². The molecule has 0 saturated carbocycles. The fourth-order valence-electron chi connectivity index (χ4n) is 1.06. The summed E-state index contributed by atoms with van der Waals surface area (Å²) in [5.74, 6) is 0. The highest BCUT2D eigenvalue weighted by Gasteiger charge is 2.27. The van der Waals surface area contributed by atoms with Crippen molar-refractivity contribution in [2.45, 2.75) is 6.42 Å². The van der Waals surface area contributed by atoms with Gasteiger partial charge in [-0.15, -0.1) is 0 Å². The Balaban J connectivity index is 2.77. The van der Waals surface area contributed by atoms with Crippen molar-refractivity contribution >= 4 is 17.3 Å². The molecule has 70 valence electrons. The van der Waals surface area contributed by atoms with Gasteiger partial charge in [-0.3, -0.25) is 0 Å². The van der Waals surface area contributed by atoms with Crippen LogP contribution in [0.1, 0.15) is 6.42 Å². The van der Waals surface area contributed by atoms with Gasteiger partial charge in [0.2, 0.25) is 0 Å². The smallest absolute Gasteiger partial charge is 0.168 e. The van der Waals surface area contributed by atoms with Crippen molar-refractivity contribution in [3.8, 4) is 12.1 Å². The van der Waals surface area contributed by atoms with Gasteiger partial charge in [0.15, 0.2) is 10.5 Å². The molecule has 0 aromatic rings. The first-order valence-corrected chi connectivity index (χ1v) is 4.31. The predicted molar refractivity (Wildman–Crippen MR) is 55.4 cm³/mol. The topological polar surface area (TPSA) is 85.6 Å². The summed E-state index contributed by atoms with van der Waals surface area (Å²) in [7, 11) is 0. The van der Waals surface area contributed by atoms with E-state index in [9.17, 15) is 0 Å². The molecule has 0 heterocycles. The molecule has 5 heteroatoms. The number of thiocarbonyl (C=S) groups is 1. The number of allylic oxidation sites excluding steroid dienone is 3. The maximum absolute atomic E-state index is 8.79. The van der Waals surface area contributed by atoms with Crippen molar-refractivity contribution in [1.29, 1.82) is 10.5 Å². The second-order valence-electron chi connectivity index (χ2n) is 2.88. The lowest BCUT2D eigenvalue weighted by atomic mass is 9.84. The third-order valence-electron chi connectivity index (χ3n) is 1.86. The van der Waals surface area contributed by atoms with Gasteiger partial charge in [0.05, 0.1) is 12.1 Å². The summed E-state index contributed by atoms with van der Waals surface area (Å²) in [5, 5.41) is 20.5. The Morgan fingerprint density at radius 2 is 2.21 bits per heavy atom. The lowest BCUT2D eigenvalue weighted by Crippen LogP contribution is -2.29. The van der Waals surface area contributed by atoms with Crippen molar-refractivity contribution in [3.05, 3.63) is 23.9 Å². The fourth-order valence-corrected chi connectivity index (χ4v) is 1.18. The van der Waals surface area contributed by atoms with Gasteiger partial charge in [0, 0.05) is 12.1 Å². The van der Waals surface area contributed by atoms with Crippen molar-refractivity contribution < 1.29 is 0 Å². The van der Waals surface area contributed by atoms with Gasteiger partial charge in [-0.2, -0.15) is 10.5 Å². The van der Waals surface area contributed by atoms with E-state index < -0.39 is 5.41 Å². The monoisotopic (exact) mass is 204 g/mol. The Bertz CT molecular complexity index is 380. The molecule has 0 unspecified atom stereocenters. The summed E-state index contributed by atoms with van der Waals surface area (Å²) in [6.07, 6.45) is 5.26. The van der Waals surface area contributed by atoms with Crippen LogP contribution in [0.4, 0.5) is 0 Å². The van der Waals surface area contributed by atoms with Gasteiger partial charge >= 0.3 is 0 Å². The summed E-state index contributed by atoms with van der Waals surface area (Å²) in [4.78, 5) is 0. The summed E-state index contributed by atoms with van der Waals surface area (Å²) in [6.45, 7) is 0. The van der Waals surface area contributed by atoms with Gasteiger partial charge in [0.25, 0.3) is 0 Å². The Morgan fingerprint density at radius 1 is 1.57 bits per heavy atom. The van der Waals surface area contributed by atoms with Gasteiger partial charge in [-0.1, -0.05) is 6.08 Å². The molecular formula is C9H8N4S. The van der Waals surface area contributed by atoms with Crippen LogP contribution in [-0.4, -0.2) is 5.11 Å². The van der Waals surface area contributed by atoms with Crippen LogP contribution in [-0.2, 0) is 0 Å². The van der Waals surface area contributed by atoms with E-state index in [1.54, 1.807) is 18.2 Å². The molecule has 0 saturated heterocycles. The molecule has 0 atom stereocenters. The van der Waals surface area contributed by atoms with E-state index in [0.29, 0.717) is 6.42 Å². The van der Waals surface area contributed by atoms with Crippen LogP contribution in [0.2, 0.25) is 0 Å². The number of nitrogens with two attached hydrogens (primary N) is 1. The molecule has 0 aliphatic heterocycles. The number of nitriles is 2. The quantitative estimate of drug-likeness (QED) is 0.614. The molecule has 1 rings (SSSR count). The highest BCUT2D eigenvalue weighted by Crippen LogP contribution is 2.27. The van der Waals surface area contributed by atoms with E-state index in [4.69, 9.17) is 16.3 Å². The Labute approximate surface area is 87.3 Å². The molecule has 1 aliphatic rings. The standard InChI is InChI=1S/C9H8N4S/c10-5-9(6-11)3-1-7(2-4-9)13-8(12)14/h1-3H,4H2,(H3,12,13,14). The lowest BCUT2D eigenvalue weighted by molar-refractivity contribution is 0.660. The number of nitrogens with one attached hydrogen (secondary N) is 1. The van der Waals surface area contributed by atoms with Crippen LogP contribution in [0.15, 0.2) is 23.9 Å². The summed E-state index contributed by atoms with van der Waals surface area (Å²) in [5.41, 5.74) is 4.95. The molecule has 1 aliphatic carbocycles. The first-order chi connectivity index (χ1) is 6.62. The Morgan fingerprint density at radius 3 is 2.57 bits per heavy atom. The van der Waals surface area contributed by atoms with Crippen LogP contribution in [0.3, 0.4) is 0 Å². The Hall–Kier alpha value is -1.85. The number of hydrogen-bond donors (Lipinski definition) is 2. The molecule has 0 radical (unpaired) electrons. The third-order valence-corrected chi connectivity index (χ3v) is 1.96. The highest BCUT2D eigenvalue weighted by atomic mass is 32.1. The van der Waals surface area contributed by atoms with Crippen LogP contribution in [0.5, 0.6) is 0 Å². The van der Waals surface area contributed by atoms with E-state index in [0.717, 1.165) is 5.70 Å². The molecule has 4 nitrogen and oxygen atoms in total. The summed E-state index contributed by atoms with van der Waals surface area (Å²) >= 11 is 4.65. The van der Waals surface area contributed by atoms with E-state index in [1.165, 1.54) is 0 Å². The normalized spacial score (nSPS) is 17.4. The second kappa shape index (κ2) is 3.91. The lowest BCUT2D eigenvalue weighted by Gasteiger charge is -2.17. The van der Waals surface area contributed by atoms with Crippen LogP contribution >= 0.6 is 12.2 Å². The second-order valence-corrected chi connectivity index (χ2v) is 3.32. The fraction of sp³-hybridized carbons (Fsp3) is 0.222. The minimum Gasteiger partial charge on any atom is -0.376 e. The third kappa shape index (κ3) is 2.09. The predicted octanol–water partition coefficient (Wildman–Crippen LogP) is 0.697. The molecule has 0 aromatic carbocycles. The molecule has 0 fully saturated rings. The molecule has 0 aromatic heterocycles. The number of hydrogen-bond acceptors (Lipinski definition) is 3. The van der Waals surface area contributed by atoms with Crippen LogP contribution in [0, 0.1) is 28.1 Å². The molecule has 0 spiro atoms. The van der Waals surface area contributed by atoms with Crippen LogP contribution in [0.25, 0.3) is 0 Å². The molecular weight excluding hydrogens is 196 g/mol. The Kier molecular flexibility index (Phi) is 2.85. The summed E-state index contributed by atoms with van der Waals surface area (Å²) in [6, 6.07) is 3.91. The molecule has 0 bridgehead atoms. The minimum atomic E-state index is -1.04. The zero-order valence-corrected chi connectivity index (χ0v) is 8.14. The average molecular weight is 204 g/mol. The van der Waals surface area contributed by atoms with E-state index in [2.05, 4.69) is 17.5 Å². The van der Waals surface area contributed by atoms with E-state index >= 15 is 0 Å². The van der Waals surface area contributed by atoms with E-state index in [1.807, 2.05) is 12.1 Å². The summed E-state index contributed by atoms with van der Waals surface area (Å²) < 4.78 is 0. The van der Waals surface area contributed by atoms with Crippen molar-refractivity contribution in [2.75, 3.05) is 0 Å². The SMILES string of the molecule is N#CC1(C#N)C=CC(NC(N)=S)=CC1. The van der Waals surface area contributed by atoms with Crippen molar-refractivity contribution in [1.82, 2.24) is 5.32 Å². The number of nitrogens with zero attached hydrogens (tertiary/aromatic N) is 2. The maximum Gasteiger partial charge on any atom is 0.168 e. The van der Waals surface area contributed by atoms with E-state index in [-0.39, 0.29) is 5.11 Å². The van der Waals surface area contributed by atoms with Crippen molar-refractivity contribution in [3.63, 3.8) is 0 Å². The molecule has 14 heavy (non-hydrogen) atoms. The number of rotatable bonds is 1. The van der Waals surface area contributed by atoms with Gasteiger partial charge in [-0.25, -0.2) is 0 Å². The van der Waals surface area contributed by atoms with Gasteiger partial charge in [-0.05, 0) is 24.4 Å².